The van der Waals surface area contributed by atoms with Crippen LogP contribution in [0.5, 0.6) is 0 Å². The summed E-state index contributed by atoms with van der Waals surface area (Å²) in [5.41, 5.74) is 4.36. The number of benzene rings is 2. The quantitative estimate of drug-likeness (QED) is 0.406. The largest absolute Gasteiger partial charge is 0.463 e. The van der Waals surface area contributed by atoms with Crippen molar-refractivity contribution in [3.63, 3.8) is 0 Å². The zero-order valence-corrected chi connectivity index (χ0v) is 18.3. The number of hydrogen-bond donors (Lipinski definition) is 0. The molecular weight excluding hydrogens is 433 g/mol. The maximum absolute atomic E-state index is 13.4. The Morgan fingerprint density at radius 3 is 2.39 bits per heavy atom. The molecule has 0 N–H and O–H groups in total. The standard InChI is InChI=1S/C24H21Cl2N3O2/c25-18-4-1-3-17(13-18)16-29-21-7-12-31-23(21)15-22(29)24(30)28-10-8-27(9-11-28)20-6-2-5-19(26)14-20/h1-7,12-15H,8-11,16H2. The van der Waals surface area contributed by atoms with Crippen molar-refractivity contribution < 1.29 is 9.21 Å². The minimum absolute atomic E-state index is 0.0131. The zero-order chi connectivity index (χ0) is 21.4. The molecule has 0 aliphatic carbocycles. The highest BCUT2D eigenvalue weighted by Crippen LogP contribution is 2.26. The summed E-state index contributed by atoms with van der Waals surface area (Å²) < 4.78 is 7.60. The second-order valence-electron chi connectivity index (χ2n) is 7.67. The van der Waals surface area contributed by atoms with Crippen LogP contribution in [0.3, 0.4) is 0 Å². The lowest BCUT2D eigenvalue weighted by atomic mass is 10.2. The molecule has 31 heavy (non-hydrogen) atoms. The Bertz CT molecular complexity index is 1240. The van der Waals surface area contributed by atoms with Gasteiger partial charge in [0.25, 0.3) is 5.91 Å². The van der Waals surface area contributed by atoms with Crippen molar-refractivity contribution in [1.82, 2.24) is 9.47 Å². The van der Waals surface area contributed by atoms with Crippen LogP contribution in [-0.2, 0) is 6.54 Å². The third kappa shape index (κ3) is 4.03. The molecule has 0 unspecified atom stereocenters. The van der Waals surface area contributed by atoms with Crippen LogP contribution in [0.2, 0.25) is 10.0 Å². The number of nitrogens with zero attached hydrogens (tertiary/aromatic N) is 3. The number of amides is 1. The van der Waals surface area contributed by atoms with Gasteiger partial charge in [-0.15, -0.1) is 0 Å². The van der Waals surface area contributed by atoms with Crippen molar-refractivity contribution in [2.24, 2.45) is 0 Å². The number of carbonyl (C=O) groups excluding carboxylic acids is 1. The van der Waals surface area contributed by atoms with Crippen LogP contribution < -0.4 is 4.90 Å². The number of furan rings is 1. The number of piperazine rings is 1. The van der Waals surface area contributed by atoms with Crippen molar-refractivity contribution in [3.8, 4) is 0 Å². The average Bonchev–Trinajstić information content (AvgIpc) is 3.36. The highest BCUT2D eigenvalue weighted by atomic mass is 35.5. The molecule has 3 heterocycles. The van der Waals surface area contributed by atoms with Crippen LogP contribution in [0.25, 0.3) is 11.1 Å². The van der Waals surface area contributed by atoms with Crippen molar-refractivity contribution in [2.45, 2.75) is 6.54 Å². The van der Waals surface area contributed by atoms with Gasteiger partial charge in [-0.05, 0) is 35.9 Å². The van der Waals surface area contributed by atoms with E-state index in [9.17, 15) is 4.79 Å². The lowest BCUT2D eigenvalue weighted by Crippen LogP contribution is -2.49. The first-order chi connectivity index (χ1) is 15.1. The van der Waals surface area contributed by atoms with E-state index < -0.39 is 0 Å². The molecule has 0 saturated carbocycles. The zero-order valence-electron chi connectivity index (χ0n) is 16.8. The molecule has 4 aromatic rings. The van der Waals surface area contributed by atoms with Gasteiger partial charge in [-0.2, -0.15) is 0 Å². The van der Waals surface area contributed by atoms with Gasteiger partial charge in [0.15, 0.2) is 5.58 Å². The smallest absolute Gasteiger partial charge is 0.270 e. The van der Waals surface area contributed by atoms with Gasteiger partial charge in [0.1, 0.15) is 5.69 Å². The van der Waals surface area contributed by atoms with E-state index in [1.165, 1.54) is 0 Å². The van der Waals surface area contributed by atoms with Gasteiger partial charge in [0.05, 0.1) is 11.8 Å². The summed E-state index contributed by atoms with van der Waals surface area (Å²) in [7, 11) is 0. The second-order valence-corrected chi connectivity index (χ2v) is 8.55. The van der Waals surface area contributed by atoms with Crippen molar-refractivity contribution in [3.05, 3.63) is 88.2 Å². The summed E-state index contributed by atoms with van der Waals surface area (Å²) >= 11 is 12.3. The van der Waals surface area contributed by atoms with E-state index in [-0.39, 0.29) is 5.91 Å². The molecule has 1 amide bonds. The lowest BCUT2D eigenvalue weighted by molar-refractivity contribution is 0.0737. The predicted molar refractivity (Wildman–Crippen MR) is 124 cm³/mol. The van der Waals surface area contributed by atoms with E-state index >= 15 is 0 Å². The van der Waals surface area contributed by atoms with Crippen LogP contribution in [0.4, 0.5) is 5.69 Å². The number of rotatable bonds is 4. The molecule has 0 bridgehead atoms. The Morgan fingerprint density at radius 1 is 0.903 bits per heavy atom. The molecule has 0 atom stereocenters. The number of hydrogen-bond acceptors (Lipinski definition) is 3. The Hall–Kier alpha value is -2.89. The Morgan fingerprint density at radius 2 is 1.65 bits per heavy atom. The van der Waals surface area contributed by atoms with Gasteiger partial charge in [-0.1, -0.05) is 41.4 Å². The number of aromatic nitrogens is 1. The topological polar surface area (TPSA) is 41.6 Å². The molecular formula is C24H21Cl2N3O2. The number of halogens is 2. The third-order valence-corrected chi connectivity index (χ3v) is 6.18. The normalized spacial score (nSPS) is 14.4. The maximum atomic E-state index is 13.4. The average molecular weight is 454 g/mol. The van der Waals surface area contributed by atoms with Crippen LogP contribution in [0, 0.1) is 0 Å². The van der Waals surface area contributed by atoms with E-state index in [2.05, 4.69) is 4.90 Å². The van der Waals surface area contributed by atoms with E-state index in [1.807, 2.05) is 70.1 Å². The van der Waals surface area contributed by atoms with E-state index in [1.54, 1.807) is 6.26 Å². The summed E-state index contributed by atoms with van der Waals surface area (Å²) in [6.07, 6.45) is 1.65. The fourth-order valence-electron chi connectivity index (χ4n) is 4.15. The Kier molecular flexibility index (Phi) is 5.38. The molecule has 0 radical (unpaired) electrons. The summed E-state index contributed by atoms with van der Waals surface area (Å²) in [6, 6.07) is 19.3. The maximum Gasteiger partial charge on any atom is 0.270 e. The molecule has 1 fully saturated rings. The van der Waals surface area contributed by atoms with Crippen LogP contribution in [0.15, 0.2) is 71.3 Å². The number of fused-ring (bicyclic) bond motifs is 1. The summed E-state index contributed by atoms with van der Waals surface area (Å²) in [5.74, 6) is 0.0131. The Balaban J connectivity index is 1.37. The minimum Gasteiger partial charge on any atom is -0.463 e. The fourth-order valence-corrected chi connectivity index (χ4v) is 4.54. The highest BCUT2D eigenvalue weighted by molar-refractivity contribution is 6.31. The molecule has 1 saturated heterocycles. The van der Waals surface area contributed by atoms with Gasteiger partial charge in [-0.3, -0.25) is 4.79 Å². The monoisotopic (exact) mass is 453 g/mol. The molecule has 7 heteroatoms. The first kappa shape index (κ1) is 20.0. The first-order valence-electron chi connectivity index (χ1n) is 10.2. The van der Waals surface area contributed by atoms with Crippen LogP contribution in [0.1, 0.15) is 16.1 Å². The molecule has 158 valence electrons. The van der Waals surface area contributed by atoms with Gasteiger partial charge in [-0.25, -0.2) is 0 Å². The molecule has 2 aromatic carbocycles. The second kappa shape index (κ2) is 8.33. The lowest BCUT2D eigenvalue weighted by Gasteiger charge is -2.36. The van der Waals surface area contributed by atoms with E-state index in [4.69, 9.17) is 27.6 Å². The van der Waals surface area contributed by atoms with E-state index in [0.717, 1.165) is 34.9 Å². The van der Waals surface area contributed by atoms with Crippen molar-refractivity contribution in [2.75, 3.05) is 31.1 Å². The third-order valence-electron chi connectivity index (χ3n) is 5.71. The molecule has 1 aliphatic heterocycles. The van der Waals surface area contributed by atoms with Crippen LogP contribution in [-0.4, -0.2) is 41.6 Å². The van der Waals surface area contributed by atoms with Crippen molar-refractivity contribution >= 4 is 45.9 Å². The molecule has 1 aliphatic rings. The molecule has 2 aromatic heterocycles. The summed E-state index contributed by atoms with van der Waals surface area (Å²) in [5, 5.41) is 1.40. The Labute approximate surface area is 190 Å². The number of carbonyl (C=O) groups is 1. The summed E-state index contributed by atoms with van der Waals surface area (Å²) in [4.78, 5) is 17.6. The SMILES string of the molecule is O=C(c1cc2occc2n1Cc1cccc(Cl)c1)N1CCN(c2cccc(Cl)c2)CC1. The molecule has 5 nitrogen and oxygen atoms in total. The molecule has 0 spiro atoms. The van der Waals surface area contributed by atoms with Gasteiger partial charge < -0.3 is 18.8 Å². The van der Waals surface area contributed by atoms with Gasteiger partial charge in [0, 0.05) is 60.6 Å². The molecule has 5 rings (SSSR count). The highest BCUT2D eigenvalue weighted by Gasteiger charge is 2.26. The predicted octanol–water partition coefficient (Wildman–Crippen LogP) is 5.55. The first-order valence-corrected chi connectivity index (χ1v) is 10.9. The van der Waals surface area contributed by atoms with Crippen molar-refractivity contribution in [1.29, 1.82) is 0 Å². The van der Waals surface area contributed by atoms with E-state index in [0.29, 0.717) is 35.9 Å². The fraction of sp³-hybridized carbons (Fsp3) is 0.208. The van der Waals surface area contributed by atoms with Crippen LogP contribution >= 0.6 is 23.2 Å². The summed E-state index contributed by atoms with van der Waals surface area (Å²) in [6.45, 7) is 3.37. The number of anilines is 1. The van der Waals surface area contributed by atoms with Gasteiger partial charge >= 0.3 is 0 Å². The van der Waals surface area contributed by atoms with Gasteiger partial charge in [0.2, 0.25) is 0 Å². The minimum atomic E-state index is 0.0131.